The number of hydrogen-bond donors (Lipinski definition) is 0. The molecule has 3 rings (SSSR count). The predicted octanol–water partition coefficient (Wildman–Crippen LogP) is 4.76. The van der Waals surface area contributed by atoms with Crippen LogP contribution in [-0.4, -0.2) is 29.2 Å². The van der Waals surface area contributed by atoms with Crippen LogP contribution in [0.15, 0.2) is 53.4 Å². The second kappa shape index (κ2) is 7.76. The number of ether oxygens (including phenoxy) is 1. The highest BCUT2D eigenvalue weighted by Crippen LogP contribution is 2.33. The molecule has 0 aliphatic carbocycles. The lowest BCUT2D eigenvalue weighted by Gasteiger charge is -2.13. The molecule has 2 amide bonds. The zero-order chi connectivity index (χ0) is 17.8. The van der Waals surface area contributed by atoms with Gasteiger partial charge in [-0.3, -0.25) is 14.5 Å². The highest BCUT2D eigenvalue weighted by atomic mass is 35.5. The molecule has 2 aromatic rings. The highest BCUT2D eigenvalue weighted by Gasteiger charge is 2.34. The van der Waals surface area contributed by atoms with Crippen LogP contribution in [0.1, 0.15) is 11.1 Å². The van der Waals surface area contributed by atoms with Gasteiger partial charge in [-0.25, -0.2) is 0 Å². The second-order valence-electron chi connectivity index (χ2n) is 5.52. The van der Waals surface area contributed by atoms with Crippen molar-refractivity contribution in [2.75, 3.05) is 13.2 Å². The van der Waals surface area contributed by atoms with Crippen molar-refractivity contribution in [2.45, 2.75) is 6.92 Å². The van der Waals surface area contributed by atoms with E-state index in [0.29, 0.717) is 21.2 Å². The number of nitrogens with zero attached hydrogens (tertiary/aromatic N) is 1. The first-order valence-corrected chi connectivity index (χ1v) is 8.93. The number of amides is 2. The lowest BCUT2D eigenvalue weighted by atomic mass is 10.2. The number of hydrogen-bond acceptors (Lipinski definition) is 4. The van der Waals surface area contributed by atoms with Gasteiger partial charge in [0.2, 0.25) is 0 Å². The van der Waals surface area contributed by atoms with E-state index in [4.69, 9.17) is 16.3 Å². The maximum atomic E-state index is 12.4. The number of carbonyl (C=O) groups is 2. The third-order valence-corrected chi connectivity index (χ3v) is 4.92. The van der Waals surface area contributed by atoms with Crippen LogP contribution in [0.4, 0.5) is 4.79 Å². The summed E-state index contributed by atoms with van der Waals surface area (Å²) in [5.41, 5.74) is 1.86. The van der Waals surface area contributed by atoms with Crippen LogP contribution in [0.5, 0.6) is 5.75 Å². The van der Waals surface area contributed by atoms with Crippen LogP contribution in [0.25, 0.3) is 6.08 Å². The van der Waals surface area contributed by atoms with Gasteiger partial charge in [-0.15, -0.1) is 0 Å². The van der Waals surface area contributed by atoms with Gasteiger partial charge in [-0.2, -0.15) is 0 Å². The minimum absolute atomic E-state index is 0.207. The third-order valence-electron chi connectivity index (χ3n) is 3.67. The summed E-state index contributed by atoms with van der Waals surface area (Å²) in [7, 11) is 0. The molecular weight excluding hydrogens is 358 g/mol. The summed E-state index contributed by atoms with van der Waals surface area (Å²) in [4.78, 5) is 26.1. The number of thioether (sulfide) groups is 1. The van der Waals surface area contributed by atoms with Crippen LogP contribution in [0, 0.1) is 6.92 Å². The van der Waals surface area contributed by atoms with Crippen molar-refractivity contribution in [1.29, 1.82) is 0 Å². The summed E-state index contributed by atoms with van der Waals surface area (Å²) in [6.07, 6.45) is 1.65. The van der Waals surface area contributed by atoms with Crippen molar-refractivity contribution in [3.05, 3.63) is 69.6 Å². The molecule has 1 saturated heterocycles. The van der Waals surface area contributed by atoms with E-state index in [1.165, 1.54) is 4.90 Å². The van der Waals surface area contributed by atoms with Crippen LogP contribution in [0.2, 0.25) is 5.02 Å². The van der Waals surface area contributed by atoms with Gasteiger partial charge in [0.1, 0.15) is 12.4 Å². The first-order chi connectivity index (χ1) is 12.0. The molecule has 4 nitrogen and oxygen atoms in total. The SMILES string of the molecule is Cc1ccc(OCCN2C(=O)S/C(=C\c3ccccc3Cl)C2=O)cc1. The molecule has 6 heteroatoms. The van der Waals surface area contributed by atoms with E-state index in [1.807, 2.05) is 43.3 Å². The molecule has 0 N–H and O–H groups in total. The third kappa shape index (κ3) is 4.24. The molecule has 0 saturated carbocycles. The molecule has 128 valence electrons. The van der Waals surface area contributed by atoms with Gasteiger partial charge in [-0.05, 0) is 48.5 Å². The molecule has 0 aromatic heterocycles. The molecule has 1 aliphatic heterocycles. The first-order valence-electron chi connectivity index (χ1n) is 7.74. The Morgan fingerprint density at radius 3 is 2.56 bits per heavy atom. The van der Waals surface area contributed by atoms with E-state index in [-0.39, 0.29) is 24.3 Å². The molecule has 1 heterocycles. The van der Waals surface area contributed by atoms with Crippen molar-refractivity contribution in [2.24, 2.45) is 0 Å². The van der Waals surface area contributed by atoms with E-state index in [9.17, 15) is 9.59 Å². The van der Waals surface area contributed by atoms with Gasteiger partial charge in [0.15, 0.2) is 0 Å². The number of halogens is 1. The molecule has 2 aromatic carbocycles. The summed E-state index contributed by atoms with van der Waals surface area (Å²) in [6, 6.07) is 14.8. The summed E-state index contributed by atoms with van der Waals surface area (Å²) < 4.78 is 5.60. The first kappa shape index (κ1) is 17.6. The summed E-state index contributed by atoms with van der Waals surface area (Å²) in [5.74, 6) is 0.395. The lowest BCUT2D eigenvalue weighted by molar-refractivity contribution is -0.123. The average Bonchev–Trinajstić information content (AvgIpc) is 2.86. The Kier molecular flexibility index (Phi) is 5.46. The monoisotopic (exact) mass is 373 g/mol. The molecule has 1 fully saturated rings. The van der Waals surface area contributed by atoms with Crippen molar-refractivity contribution >= 4 is 40.6 Å². The molecule has 0 spiro atoms. The van der Waals surface area contributed by atoms with E-state index in [0.717, 1.165) is 17.3 Å². The van der Waals surface area contributed by atoms with Gasteiger partial charge in [0.05, 0.1) is 11.4 Å². The number of rotatable bonds is 5. The number of carbonyl (C=O) groups excluding carboxylic acids is 2. The minimum Gasteiger partial charge on any atom is -0.492 e. The van der Waals surface area contributed by atoms with E-state index in [2.05, 4.69) is 0 Å². The van der Waals surface area contributed by atoms with Gasteiger partial charge in [-0.1, -0.05) is 47.5 Å². The normalized spacial score (nSPS) is 15.9. The van der Waals surface area contributed by atoms with Crippen LogP contribution >= 0.6 is 23.4 Å². The van der Waals surface area contributed by atoms with Crippen LogP contribution in [0.3, 0.4) is 0 Å². The van der Waals surface area contributed by atoms with Gasteiger partial charge < -0.3 is 4.74 Å². The number of benzene rings is 2. The van der Waals surface area contributed by atoms with Crippen molar-refractivity contribution in [3.63, 3.8) is 0 Å². The Labute approximate surface area is 155 Å². The van der Waals surface area contributed by atoms with Crippen LogP contribution in [-0.2, 0) is 4.79 Å². The molecular formula is C19H16ClNO3S. The summed E-state index contributed by atoms with van der Waals surface area (Å²) in [6.45, 7) is 2.45. The topological polar surface area (TPSA) is 46.6 Å². The number of aryl methyl sites for hydroxylation is 1. The Hall–Kier alpha value is -2.24. The predicted molar refractivity (Wildman–Crippen MR) is 101 cm³/mol. The summed E-state index contributed by atoms with van der Waals surface area (Å²) >= 11 is 7.02. The highest BCUT2D eigenvalue weighted by molar-refractivity contribution is 8.18. The maximum Gasteiger partial charge on any atom is 0.293 e. The maximum absolute atomic E-state index is 12.4. The van der Waals surface area contributed by atoms with Gasteiger partial charge in [0, 0.05) is 5.02 Å². The zero-order valence-electron chi connectivity index (χ0n) is 13.6. The van der Waals surface area contributed by atoms with Crippen LogP contribution < -0.4 is 4.74 Å². The Morgan fingerprint density at radius 2 is 1.84 bits per heavy atom. The van der Waals surface area contributed by atoms with Gasteiger partial charge in [0.25, 0.3) is 11.1 Å². The molecule has 25 heavy (non-hydrogen) atoms. The zero-order valence-corrected chi connectivity index (χ0v) is 15.1. The molecule has 1 aliphatic rings. The smallest absolute Gasteiger partial charge is 0.293 e. The fourth-order valence-electron chi connectivity index (χ4n) is 2.32. The number of imide groups is 1. The van der Waals surface area contributed by atoms with Crippen molar-refractivity contribution in [3.8, 4) is 5.75 Å². The quantitative estimate of drug-likeness (QED) is 0.708. The minimum atomic E-state index is -0.317. The Balaban J connectivity index is 1.63. The van der Waals surface area contributed by atoms with Crippen molar-refractivity contribution < 1.29 is 14.3 Å². The van der Waals surface area contributed by atoms with Crippen molar-refractivity contribution in [1.82, 2.24) is 4.90 Å². The Morgan fingerprint density at radius 1 is 1.12 bits per heavy atom. The standard InChI is InChI=1S/C19H16ClNO3S/c1-13-6-8-15(9-7-13)24-11-10-21-18(22)17(25-19(21)23)12-14-4-2-3-5-16(14)20/h2-9,12H,10-11H2,1H3/b17-12-. The fraction of sp³-hybridized carbons (Fsp3) is 0.158. The average molecular weight is 374 g/mol. The molecule has 0 radical (unpaired) electrons. The van der Waals surface area contributed by atoms with Gasteiger partial charge >= 0.3 is 0 Å². The Bertz CT molecular complexity index is 833. The summed E-state index contributed by atoms with van der Waals surface area (Å²) in [5, 5.41) is 0.243. The lowest BCUT2D eigenvalue weighted by Crippen LogP contribution is -2.32. The fourth-order valence-corrected chi connectivity index (χ4v) is 3.36. The van der Waals surface area contributed by atoms with E-state index < -0.39 is 0 Å². The largest absolute Gasteiger partial charge is 0.492 e. The van der Waals surface area contributed by atoms with E-state index in [1.54, 1.807) is 18.2 Å². The molecule has 0 bridgehead atoms. The molecule has 0 atom stereocenters. The second-order valence-corrected chi connectivity index (χ2v) is 6.92. The van der Waals surface area contributed by atoms with E-state index >= 15 is 0 Å². The molecule has 0 unspecified atom stereocenters.